The van der Waals surface area contributed by atoms with E-state index in [1.165, 1.54) is 11.8 Å². The summed E-state index contributed by atoms with van der Waals surface area (Å²) in [5.41, 5.74) is 1.34. The first kappa shape index (κ1) is 17.9. The van der Waals surface area contributed by atoms with Crippen molar-refractivity contribution >= 4 is 17.5 Å². The van der Waals surface area contributed by atoms with Crippen LogP contribution in [0.2, 0.25) is 0 Å². The van der Waals surface area contributed by atoms with Gasteiger partial charge < -0.3 is 9.15 Å². The molecule has 0 bridgehead atoms. The van der Waals surface area contributed by atoms with Gasteiger partial charge in [0.15, 0.2) is 5.78 Å². The zero-order valence-corrected chi connectivity index (χ0v) is 15.5. The lowest BCUT2D eigenvalue weighted by Gasteiger charge is -2.06. The van der Waals surface area contributed by atoms with Crippen LogP contribution in [0, 0.1) is 0 Å². The number of aromatic nitrogens is 3. The van der Waals surface area contributed by atoms with Crippen LogP contribution >= 0.6 is 11.8 Å². The molecule has 0 aliphatic carbocycles. The lowest BCUT2D eigenvalue weighted by atomic mass is 10.1. The Morgan fingerprint density at radius 1 is 0.929 bits per heavy atom. The minimum Gasteiger partial charge on any atom is -0.457 e. The van der Waals surface area contributed by atoms with Gasteiger partial charge in [-0.15, -0.1) is 10.2 Å². The summed E-state index contributed by atoms with van der Waals surface area (Å²) in [7, 11) is 0. The highest BCUT2D eigenvalue weighted by molar-refractivity contribution is 7.99. The third kappa shape index (κ3) is 4.44. The predicted octanol–water partition coefficient (Wildman–Crippen LogP) is 4.90. The number of pyridine rings is 1. The van der Waals surface area contributed by atoms with Crippen molar-refractivity contribution in [3.05, 3.63) is 84.7 Å². The molecule has 138 valence electrons. The van der Waals surface area contributed by atoms with E-state index >= 15 is 0 Å². The van der Waals surface area contributed by atoms with E-state index in [2.05, 4.69) is 15.2 Å². The summed E-state index contributed by atoms with van der Waals surface area (Å²) in [4.78, 5) is 16.4. The Labute approximate surface area is 165 Å². The Bertz CT molecular complexity index is 1050. The quantitative estimate of drug-likeness (QED) is 0.329. The zero-order chi connectivity index (χ0) is 19.2. The summed E-state index contributed by atoms with van der Waals surface area (Å²) in [6, 6.07) is 20.2. The molecule has 0 spiro atoms. The molecule has 0 atom stereocenters. The monoisotopic (exact) mass is 389 g/mol. The van der Waals surface area contributed by atoms with Crippen molar-refractivity contribution in [2.45, 2.75) is 5.22 Å². The first-order valence-corrected chi connectivity index (χ1v) is 9.49. The molecule has 0 aliphatic heterocycles. The Balaban J connectivity index is 1.34. The lowest BCUT2D eigenvalue weighted by molar-refractivity contribution is 0.102. The Morgan fingerprint density at radius 3 is 2.46 bits per heavy atom. The molecule has 0 unspecified atom stereocenters. The lowest BCUT2D eigenvalue weighted by Crippen LogP contribution is -2.02. The number of ether oxygens (including phenoxy) is 1. The molecule has 0 saturated heterocycles. The molecule has 0 fully saturated rings. The van der Waals surface area contributed by atoms with Gasteiger partial charge in [0.05, 0.1) is 11.3 Å². The third-order valence-electron chi connectivity index (χ3n) is 3.80. The molecule has 0 radical (unpaired) electrons. The third-order valence-corrected chi connectivity index (χ3v) is 4.62. The van der Waals surface area contributed by atoms with Gasteiger partial charge in [-0.3, -0.25) is 9.78 Å². The van der Waals surface area contributed by atoms with Crippen LogP contribution in [0.1, 0.15) is 10.4 Å². The van der Waals surface area contributed by atoms with Gasteiger partial charge in [-0.05, 0) is 48.5 Å². The van der Waals surface area contributed by atoms with Crippen LogP contribution in [0.3, 0.4) is 0 Å². The van der Waals surface area contributed by atoms with Crippen molar-refractivity contribution < 1.29 is 13.9 Å². The zero-order valence-electron chi connectivity index (χ0n) is 14.7. The minimum atomic E-state index is -0.0302. The predicted molar refractivity (Wildman–Crippen MR) is 106 cm³/mol. The van der Waals surface area contributed by atoms with E-state index < -0.39 is 0 Å². The molecule has 2 aromatic carbocycles. The molecule has 7 heteroatoms. The first-order valence-electron chi connectivity index (χ1n) is 8.51. The van der Waals surface area contributed by atoms with Crippen LogP contribution in [0.15, 0.2) is 88.8 Å². The van der Waals surface area contributed by atoms with Crippen molar-refractivity contribution in [1.29, 1.82) is 0 Å². The summed E-state index contributed by atoms with van der Waals surface area (Å²) >= 11 is 1.20. The summed E-state index contributed by atoms with van der Waals surface area (Å²) in [5, 5.41) is 8.29. The molecule has 0 N–H and O–H groups in total. The second kappa shape index (κ2) is 8.49. The van der Waals surface area contributed by atoms with Crippen molar-refractivity contribution in [1.82, 2.24) is 15.2 Å². The van der Waals surface area contributed by atoms with Crippen LogP contribution in [-0.4, -0.2) is 26.7 Å². The topological polar surface area (TPSA) is 78.1 Å². The Hall–Kier alpha value is -3.45. The van der Waals surface area contributed by atoms with Crippen LogP contribution in [0.25, 0.3) is 11.5 Å². The number of hydrogen-bond donors (Lipinski definition) is 0. The molecular formula is C21H15N3O3S. The van der Waals surface area contributed by atoms with Crippen molar-refractivity contribution in [3.8, 4) is 23.0 Å². The second-order valence-electron chi connectivity index (χ2n) is 5.77. The summed E-state index contributed by atoms with van der Waals surface area (Å²) < 4.78 is 11.3. The van der Waals surface area contributed by atoms with Crippen molar-refractivity contribution in [3.63, 3.8) is 0 Å². The maximum atomic E-state index is 12.4. The Morgan fingerprint density at radius 2 is 1.71 bits per heavy atom. The fourth-order valence-corrected chi connectivity index (χ4v) is 3.08. The maximum Gasteiger partial charge on any atom is 0.277 e. The van der Waals surface area contributed by atoms with E-state index in [-0.39, 0.29) is 11.5 Å². The number of para-hydroxylation sites is 1. The SMILES string of the molecule is O=C(CSc1nnc(-c2cccnc2)o1)c1ccc(Oc2ccccc2)cc1. The number of rotatable bonds is 7. The van der Waals surface area contributed by atoms with Gasteiger partial charge in [0.2, 0.25) is 5.89 Å². The van der Waals surface area contributed by atoms with Crippen LogP contribution < -0.4 is 4.74 Å². The fraction of sp³-hybridized carbons (Fsp3) is 0.0476. The van der Waals surface area contributed by atoms with Crippen molar-refractivity contribution in [2.24, 2.45) is 0 Å². The first-order chi connectivity index (χ1) is 13.8. The molecule has 28 heavy (non-hydrogen) atoms. The molecule has 2 heterocycles. The fourth-order valence-electron chi connectivity index (χ4n) is 2.42. The second-order valence-corrected chi connectivity index (χ2v) is 6.69. The van der Waals surface area contributed by atoms with Gasteiger partial charge in [0.25, 0.3) is 5.22 Å². The number of Topliss-reactive ketones (excluding diaryl/α,β-unsaturated/α-hetero) is 1. The number of carbonyl (C=O) groups excluding carboxylic acids is 1. The molecule has 0 saturated carbocycles. The number of carbonyl (C=O) groups is 1. The van der Waals surface area contributed by atoms with Gasteiger partial charge in [0.1, 0.15) is 11.5 Å². The van der Waals surface area contributed by atoms with E-state index in [0.717, 1.165) is 11.3 Å². The van der Waals surface area contributed by atoms with E-state index in [9.17, 15) is 4.79 Å². The number of thioether (sulfide) groups is 1. The molecule has 4 aromatic rings. The maximum absolute atomic E-state index is 12.4. The van der Waals surface area contributed by atoms with E-state index in [1.807, 2.05) is 36.4 Å². The summed E-state index contributed by atoms with van der Waals surface area (Å²) in [6.45, 7) is 0. The van der Waals surface area contributed by atoms with Gasteiger partial charge >= 0.3 is 0 Å². The van der Waals surface area contributed by atoms with Crippen molar-refractivity contribution in [2.75, 3.05) is 5.75 Å². The Kier molecular flexibility index (Phi) is 5.44. The van der Waals surface area contributed by atoms with E-state index in [1.54, 1.807) is 42.7 Å². The number of benzene rings is 2. The largest absolute Gasteiger partial charge is 0.457 e. The highest BCUT2D eigenvalue weighted by Crippen LogP contribution is 2.24. The minimum absolute atomic E-state index is 0.0302. The number of hydrogen-bond acceptors (Lipinski definition) is 7. The average molecular weight is 389 g/mol. The molecule has 0 aliphatic rings. The highest BCUT2D eigenvalue weighted by Gasteiger charge is 2.12. The van der Waals surface area contributed by atoms with E-state index in [4.69, 9.17) is 9.15 Å². The molecule has 2 aromatic heterocycles. The van der Waals surface area contributed by atoms with Crippen LogP contribution in [-0.2, 0) is 0 Å². The number of nitrogens with zero attached hydrogens (tertiary/aromatic N) is 3. The molecule has 6 nitrogen and oxygen atoms in total. The summed E-state index contributed by atoms with van der Waals surface area (Å²) in [5.74, 6) is 1.97. The van der Waals surface area contributed by atoms with E-state index in [0.29, 0.717) is 22.4 Å². The van der Waals surface area contributed by atoms with Gasteiger partial charge in [-0.1, -0.05) is 30.0 Å². The van der Waals surface area contributed by atoms with Crippen LogP contribution in [0.5, 0.6) is 11.5 Å². The van der Waals surface area contributed by atoms with Gasteiger partial charge in [0, 0.05) is 18.0 Å². The summed E-state index contributed by atoms with van der Waals surface area (Å²) in [6.07, 6.45) is 3.32. The van der Waals surface area contributed by atoms with Gasteiger partial charge in [-0.25, -0.2) is 0 Å². The highest BCUT2D eigenvalue weighted by atomic mass is 32.2. The smallest absolute Gasteiger partial charge is 0.277 e. The molecule has 0 amide bonds. The van der Waals surface area contributed by atoms with Crippen LogP contribution in [0.4, 0.5) is 0 Å². The number of ketones is 1. The standard InChI is InChI=1S/C21H15N3O3S/c25-19(14-28-21-24-23-20(27-21)16-5-4-12-22-13-16)15-8-10-18(11-9-15)26-17-6-2-1-3-7-17/h1-13H,14H2. The van der Waals surface area contributed by atoms with Gasteiger partial charge in [-0.2, -0.15) is 0 Å². The molecule has 4 rings (SSSR count). The normalized spacial score (nSPS) is 10.6. The average Bonchev–Trinajstić information content (AvgIpc) is 3.23. The molecular weight excluding hydrogens is 374 g/mol.